The molecule has 0 spiro atoms. The highest BCUT2D eigenvalue weighted by molar-refractivity contribution is 5.73. The molecule has 0 heterocycles. The third-order valence-corrected chi connectivity index (χ3v) is 1.25. The van der Waals surface area contributed by atoms with E-state index in [2.05, 4.69) is 15.6 Å². The van der Waals surface area contributed by atoms with Crippen molar-refractivity contribution < 1.29 is 4.79 Å². The van der Waals surface area contributed by atoms with Gasteiger partial charge in [0.1, 0.15) is 0 Å². The van der Waals surface area contributed by atoms with E-state index in [4.69, 9.17) is 0 Å². The van der Waals surface area contributed by atoms with Gasteiger partial charge in [0, 0.05) is 26.6 Å². The van der Waals surface area contributed by atoms with Gasteiger partial charge in [-0.15, -0.1) is 0 Å². The number of hydrogen-bond donors (Lipinski definition) is 2. The first-order chi connectivity index (χ1) is 5.20. The summed E-state index contributed by atoms with van der Waals surface area (Å²) in [6.07, 6.45) is 2.47. The second-order valence-electron chi connectivity index (χ2n) is 2.22. The molecule has 0 aliphatic carbocycles. The lowest BCUT2D eigenvalue weighted by molar-refractivity contribution is -0.119. The van der Waals surface area contributed by atoms with Gasteiger partial charge in [-0.25, -0.2) is 0 Å². The lowest BCUT2D eigenvalue weighted by Gasteiger charge is -2.13. The van der Waals surface area contributed by atoms with Crippen LogP contribution in [-0.2, 0) is 4.79 Å². The molecule has 1 amide bonds. The summed E-state index contributed by atoms with van der Waals surface area (Å²) in [5.74, 6) is -0.0335. The number of nitrogens with zero attached hydrogens (tertiary/aromatic N) is 1. The molecule has 0 bridgehead atoms. The molecule has 0 aromatic rings. The minimum atomic E-state index is -0.0335. The SMILES string of the molecule is C/N=C/CC(NC)NC(C)=O. The number of carbonyl (C=O) groups is 1. The van der Waals surface area contributed by atoms with Gasteiger partial charge in [-0.3, -0.25) is 4.79 Å². The smallest absolute Gasteiger partial charge is 0.218 e. The first kappa shape index (κ1) is 10.1. The van der Waals surface area contributed by atoms with Crippen LogP contribution in [0.15, 0.2) is 4.99 Å². The zero-order chi connectivity index (χ0) is 8.69. The Balaban J connectivity index is 3.66. The molecule has 4 nitrogen and oxygen atoms in total. The third kappa shape index (κ3) is 5.54. The standard InChI is InChI=1S/C7H15N3O/c1-6(11)10-7(9-3)4-5-8-2/h5,7,9H,4H2,1-3H3,(H,10,11)/b8-5+. The molecule has 4 heteroatoms. The van der Waals surface area contributed by atoms with Crippen LogP contribution >= 0.6 is 0 Å². The van der Waals surface area contributed by atoms with Crippen LogP contribution < -0.4 is 10.6 Å². The minimum Gasteiger partial charge on any atom is -0.341 e. The van der Waals surface area contributed by atoms with Crippen LogP contribution in [0.3, 0.4) is 0 Å². The largest absolute Gasteiger partial charge is 0.341 e. The van der Waals surface area contributed by atoms with Crippen molar-refractivity contribution in [3.05, 3.63) is 0 Å². The fraction of sp³-hybridized carbons (Fsp3) is 0.714. The van der Waals surface area contributed by atoms with Crippen LogP contribution in [0.5, 0.6) is 0 Å². The summed E-state index contributed by atoms with van der Waals surface area (Å²) >= 11 is 0. The molecular formula is C7H15N3O. The molecule has 0 fully saturated rings. The van der Waals surface area contributed by atoms with Crippen molar-refractivity contribution >= 4 is 12.1 Å². The van der Waals surface area contributed by atoms with Crippen LogP contribution in [0, 0.1) is 0 Å². The van der Waals surface area contributed by atoms with Crippen LogP contribution in [0.2, 0.25) is 0 Å². The first-order valence-corrected chi connectivity index (χ1v) is 3.55. The maximum Gasteiger partial charge on any atom is 0.218 e. The average Bonchev–Trinajstić information content (AvgIpc) is 1.97. The fourth-order valence-corrected chi connectivity index (χ4v) is 0.705. The highest BCUT2D eigenvalue weighted by Gasteiger charge is 2.03. The second kappa shape index (κ2) is 5.85. The Morgan fingerprint density at radius 2 is 2.36 bits per heavy atom. The molecule has 2 N–H and O–H groups in total. The molecule has 0 radical (unpaired) electrons. The normalized spacial score (nSPS) is 13.4. The van der Waals surface area contributed by atoms with Crippen molar-refractivity contribution in [2.45, 2.75) is 19.5 Å². The highest BCUT2D eigenvalue weighted by atomic mass is 16.1. The maximum atomic E-state index is 10.6. The Labute approximate surface area is 67.1 Å². The zero-order valence-corrected chi connectivity index (χ0v) is 7.22. The molecule has 0 aliphatic rings. The highest BCUT2D eigenvalue weighted by Crippen LogP contribution is 1.82. The van der Waals surface area contributed by atoms with E-state index in [9.17, 15) is 4.79 Å². The first-order valence-electron chi connectivity index (χ1n) is 3.55. The van der Waals surface area contributed by atoms with Gasteiger partial charge in [-0.2, -0.15) is 0 Å². The van der Waals surface area contributed by atoms with E-state index in [1.165, 1.54) is 6.92 Å². The number of carbonyl (C=O) groups excluding carboxylic acids is 1. The zero-order valence-electron chi connectivity index (χ0n) is 7.22. The molecule has 1 atom stereocenters. The Kier molecular flexibility index (Phi) is 5.37. The van der Waals surface area contributed by atoms with Crippen molar-refractivity contribution in [1.82, 2.24) is 10.6 Å². The molecule has 0 aliphatic heterocycles. The predicted molar refractivity (Wildman–Crippen MR) is 45.7 cm³/mol. The summed E-state index contributed by atoms with van der Waals surface area (Å²) in [5.41, 5.74) is 0. The van der Waals surface area contributed by atoms with Gasteiger partial charge < -0.3 is 15.6 Å². The molecule has 0 saturated heterocycles. The predicted octanol–water partition coefficient (Wildman–Crippen LogP) is -0.241. The number of amides is 1. The quantitative estimate of drug-likeness (QED) is 0.437. The molecule has 64 valence electrons. The van der Waals surface area contributed by atoms with E-state index >= 15 is 0 Å². The summed E-state index contributed by atoms with van der Waals surface area (Å²) in [6.45, 7) is 1.49. The molecular weight excluding hydrogens is 142 g/mol. The van der Waals surface area contributed by atoms with Gasteiger partial charge in [0.05, 0.1) is 6.17 Å². The summed E-state index contributed by atoms with van der Waals surface area (Å²) in [4.78, 5) is 14.4. The van der Waals surface area contributed by atoms with E-state index in [-0.39, 0.29) is 12.1 Å². The van der Waals surface area contributed by atoms with Crippen molar-refractivity contribution in [1.29, 1.82) is 0 Å². The Bertz CT molecular complexity index is 145. The van der Waals surface area contributed by atoms with Gasteiger partial charge in [-0.1, -0.05) is 0 Å². The van der Waals surface area contributed by atoms with Crippen LogP contribution in [0.4, 0.5) is 0 Å². The lowest BCUT2D eigenvalue weighted by atomic mass is 10.3. The number of rotatable bonds is 4. The molecule has 0 saturated carbocycles. The van der Waals surface area contributed by atoms with Crippen LogP contribution in [-0.4, -0.2) is 32.4 Å². The molecule has 0 aromatic heterocycles. The van der Waals surface area contributed by atoms with E-state index in [0.29, 0.717) is 6.42 Å². The number of hydrogen-bond acceptors (Lipinski definition) is 3. The summed E-state index contributed by atoms with van der Waals surface area (Å²) < 4.78 is 0. The van der Waals surface area contributed by atoms with Gasteiger partial charge in [0.15, 0.2) is 0 Å². The van der Waals surface area contributed by atoms with E-state index in [1.54, 1.807) is 20.3 Å². The minimum absolute atomic E-state index is 0.00352. The molecule has 0 aromatic carbocycles. The van der Waals surface area contributed by atoms with Gasteiger partial charge >= 0.3 is 0 Å². The topological polar surface area (TPSA) is 53.5 Å². The monoisotopic (exact) mass is 157 g/mol. The average molecular weight is 157 g/mol. The third-order valence-electron chi connectivity index (χ3n) is 1.25. The Morgan fingerprint density at radius 3 is 2.73 bits per heavy atom. The maximum absolute atomic E-state index is 10.6. The van der Waals surface area contributed by atoms with E-state index in [1.807, 2.05) is 0 Å². The Morgan fingerprint density at radius 1 is 1.73 bits per heavy atom. The summed E-state index contributed by atoms with van der Waals surface area (Å²) in [5, 5.41) is 5.67. The Hall–Kier alpha value is -0.900. The van der Waals surface area contributed by atoms with Crippen LogP contribution in [0.25, 0.3) is 0 Å². The van der Waals surface area contributed by atoms with E-state index < -0.39 is 0 Å². The van der Waals surface area contributed by atoms with Crippen molar-refractivity contribution in [2.75, 3.05) is 14.1 Å². The second-order valence-corrected chi connectivity index (χ2v) is 2.22. The van der Waals surface area contributed by atoms with Crippen molar-refractivity contribution in [3.8, 4) is 0 Å². The van der Waals surface area contributed by atoms with Crippen molar-refractivity contribution in [2.24, 2.45) is 4.99 Å². The molecule has 0 rings (SSSR count). The molecule has 1 unspecified atom stereocenters. The van der Waals surface area contributed by atoms with Gasteiger partial charge in [0.2, 0.25) is 5.91 Å². The van der Waals surface area contributed by atoms with Crippen LogP contribution in [0.1, 0.15) is 13.3 Å². The van der Waals surface area contributed by atoms with Gasteiger partial charge in [-0.05, 0) is 7.05 Å². The number of nitrogens with one attached hydrogen (secondary N) is 2. The van der Waals surface area contributed by atoms with Crippen molar-refractivity contribution in [3.63, 3.8) is 0 Å². The lowest BCUT2D eigenvalue weighted by Crippen LogP contribution is -2.42. The van der Waals surface area contributed by atoms with E-state index in [0.717, 1.165) is 0 Å². The number of aliphatic imine (C=N–C) groups is 1. The van der Waals surface area contributed by atoms with Gasteiger partial charge in [0.25, 0.3) is 0 Å². The summed E-state index contributed by atoms with van der Waals surface area (Å²) in [7, 11) is 3.50. The fourth-order valence-electron chi connectivity index (χ4n) is 0.705. The molecule has 11 heavy (non-hydrogen) atoms. The summed E-state index contributed by atoms with van der Waals surface area (Å²) in [6, 6.07) is 0.